The third kappa shape index (κ3) is 5.02. The molecule has 0 aliphatic carbocycles. The summed E-state index contributed by atoms with van der Waals surface area (Å²) in [6.45, 7) is 6.81. The standard InChI is InChI=1S/C12H25N3O2/c1-11-10-14(2)6-4-7-15(11)12(16)9-13-5-8-17-3/h11,13H,4-10H2,1-3H3. The number of rotatable bonds is 5. The van der Waals surface area contributed by atoms with Crippen molar-refractivity contribution in [2.24, 2.45) is 0 Å². The third-order valence-corrected chi connectivity index (χ3v) is 3.13. The van der Waals surface area contributed by atoms with Gasteiger partial charge in [0.05, 0.1) is 13.2 Å². The van der Waals surface area contributed by atoms with Crippen LogP contribution in [-0.2, 0) is 9.53 Å². The molecule has 17 heavy (non-hydrogen) atoms. The smallest absolute Gasteiger partial charge is 0.236 e. The van der Waals surface area contributed by atoms with Crippen LogP contribution in [-0.4, -0.2) is 75.2 Å². The molecular formula is C12H25N3O2. The van der Waals surface area contributed by atoms with Crippen molar-refractivity contribution in [3.63, 3.8) is 0 Å². The Bertz CT molecular complexity index is 236. The van der Waals surface area contributed by atoms with Crippen LogP contribution in [0.15, 0.2) is 0 Å². The number of nitrogens with zero attached hydrogens (tertiary/aromatic N) is 2. The molecule has 1 saturated heterocycles. The van der Waals surface area contributed by atoms with Gasteiger partial charge < -0.3 is 19.9 Å². The summed E-state index contributed by atoms with van der Waals surface area (Å²) >= 11 is 0. The minimum Gasteiger partial charge on any atom is -0.383 e. The molecule has 0 bridgehead atoms. The minimum absolute atomic E-state index is 0.198. The first kappa shape index (κ1) is 14.4. The van der Waals surface area contributed by atoms with Crippen LogP contribution in [0.4, 0.5) is 0 Å². The van der Waals surface area contributed by atoms with Crippen LogP contribution in [0.3, 0.4) is 0 Å². The summed E-state index contributed by atoms with van der Waals surface area (Å²) in [6, 6.07) is 0.305. The number of methoxy groups -OCH3 is 1. The van der Waals surface area contributed by atoms with Gasteiger partial charge >= 0.3 is 0 Å². The number of hydrogen-bond donors (Lipinski definition) is 1. The van der Waals surface area contributed by atoms with Crippen molar-refractivity contribution in [3.05, 3.63) is 0 Å². The average Bonchev–Trinajstić information content (AvgIpc) is 2.45. The van der Waals surface area contributed by atoms with Gasteiger partial charge in [0, 0.05) is 32.8 Å². The number of nitrogens with one attached hydrogen (secondary N) is 1. The van der Waals surface area contributed by atoms with E-state index in [4.69, 9.17) is 4.74 Å². The maximum Gasteiger partial charge on any atom is 0.236 e. The highest BCUT2D eigenvalue weighted by Gasteiger charge is 2.23. The van der Waals surface area contributed by atoms with Gasteiger partial charge in [-0.1, -0.05) is 0 Å². The third-order valence-electron chi connectivity index (χ3n) is 3.13. The van der Waals surface area contributed by atoms with Crippen molar-refractivity contribution < 1.29 is 9.53 Å². The van der Waals surface area contributed by atoms with Crippen molar-refractivity contribution >= 4 is 5.91 Å². The molecule has 0 radical (unpaired) electrons. The van der Waals surface area contributed by atoms with Crippen molar-refractivity contribution in [1.29, 1.82) is 0 Å². The molecule has 100 valence electrons. The van der Waals surface area contributed by atoms with Crippen LogP contribution in [0.2, 0.25) is 0 Å². The molecule has 1 atom stereocenters. The Hall–Kier alpha value is -0.650. The van der Waals surface area contributed by atoms with E-state index in [0.717, 1.165) is 32.6 Å². The highest BCUT2D eigenvalue weighted by atomic mass is 16.5. The normalized spacial score (nSPS) is 22.5. The molecule has 5 heteroatoms. The number of hydrogen-bond acceptors (Lipinski definition) is 4. The molecular weight excluding hydrogens is 218 g/mol. The van der Waals surface area contributed by atoms with Gasteiger partial charge in [-0.3, -0.25) is 4.79 Å². The van der Waals surface area contributed by atoms with Gasteiger partial charge in [0.25, 0.3) is 0 Å². The van der Waals surface area contributed by atoms with Gasteiger partial charge in [-0.2, -0.15) is 0 Å². The molecule has 1 fully saturated rings. The van der Waals surface area contributed by atoms with Crippen LogP contribution in [0.1, 0.15) is 13.3 Å². The molecule has 1 heterocycles. The molecule has 1 amide bonds. The second-order valence-corrected chi connectivity index (χ2v) is 4.72. The van der Waals surface area contributed by atoms with E-state index in [1.54, 1.807) is 7.11 Å². The number of likely N-dealkylation sites (N-methyl/N-ethyl adjacent to an activating group) is 1. The molecule has 0 aromatic rings. The van der Waals surface area contributed by atoms with E-state index in [0.29, 0.717) is 19.2 Å². The lowest BCUT2D eigenvalue weighted by Crippen LogP contribution is -2.46. The molecule has 0 aromatic carbocycles. The summed E-state index contributed by atoms with van der Waals surface area (Å²) in [6.07, 6.45) is 1.06. The summed E-state index contributed by atoms with van der Waals surface area (Å²) < 4.78 is 4.93. The highest BCUT2D eigenvalue weighted by molar-refractivity contribution is 5.78. The number of amides is 1. The quantitative estimate of drug-likeness (QED) is 0.678. The lowest BCUT2D eigenvalue weighted by Gasteiger charge is -2.28. The fraction of sp³-hybridized carbons (Fsp3) is 0.917. The van der Waals surface area contributed by atoms with Gasteiger partial charge in [0.1, 0.15) is 0 Å². The first-order chi connectivity index (χ1) is 8.15. The number of carbonyl (C=O) groups excluding carboxylic acids is 1. The molecule has 0 aromatic heterocycles. The predicted octanol–water partition coefficient (Wildman–Crippen LogP) is -0.225. The van der Waals surface area contributed by atoms with Crippen molar-refractivity contribution in [2.75, 3.05) is 53.5 Å². The van der Waals surface area contributed by atoms with Crippen LogP contribution in [0.25, 0.3) is 0 Å². The first-order valence-electron chi connectivity index (χ1n) is 6.33. The Balaban J connectivity index is 2.33. The van der Waals surface area contributed by atoms with E-state index in [2.05, 4.69) is 24.2 Å². The Morgan fingerprint density at radius 2 is 2.24 bits per heavy atom. The van der Waals surface area contributed by atoms with E-state index in [1.807, 2.05) is 4.90 Å². The summed E-state index contributed by atoms with van der Waals surface area (Å²) in [4.78, 5) is 16.3. The molecule has 5 nitrogen and oxygen atoms in total. The van der Waals surface area contributed by atoms with Crippen LogP contribution >= 0.6 is 0 Å². The Morgan fingerprint density at radius 1 is 1.47 bits per heavy atom. The van der Waals surface area contributed by atoms with Gasteiger partial charge in [-0.15, -0.1) is 0 Å². The van der Waals surface area contributed by atoms with Crippen LogP contribution in [0.5, 0.6) is 0 Å². The average molecular weight is 243 g/mol. The minimum atomic E-state index is 0.198. The molecule has 1 rings (SSSR count). The second-order valence-electron chi connectivity index (χ2n) is 4.72. The fourth-order valence-corrected chi connectivity index (χ4v) is 2.21. The van der Waals surface area contributed by atoms with Crippen molar-refractivity contribution in [2.45, 2.75) is 19.4 Å². The van der Waals surface area contributed by atoms with Gasteiger partial charge in [0.15, 0.2) is 0 Å². The lowest BCUT2D eigenvalue weighted by atomic mass is 10.2. The zero-order chi connectivity index (χ0) is 12.7. The molecule has 0 spiro atoms. The Morgan fingerprint density at radius 3 is 2.94 bits per heavy atom. The number of carbonyl (C=O) groups is 1. The van der Waals surface area contributed by atoms with E-state index >= 15 is 0 Å². The summed E-state index contributed by atoms with van der Waals surface area (Å²) in [5, 5.41) is 3.11. The Labute approximate surface area is 104 Å². The van der Waals surface area contributed by atoms with Gasteiger partial charge in [-0.25, -0.2) is 0 Å². The molecule has 1 unspecified atom stereocenters. The second kappa shape index (κ2) is 7.63. The molecule has 1 aliphatic heterocycles. The summed E-state index contributed by atoms with van der Waals surface area (Å²) in [5.41, 5.74) is 0. The van der Waals surface area contributed by atoms with Gasteiger partial charge in [0.2, 0.25) is 5.91 Å². The SMILES string of the molecule is COCCNCC(=O)N1CCCN(C)CC1C. The van der Waals surface area contributed by atoms with Gasteiger partial charge in [-0.05, 0) is 26.9 Å². The van der Waals surface area contributed by atoms with E-state index in [1.165, 1.54) is 0 Å². The van der Waals surface area contributed by atoms with Crippen LogP contribution < -0.4 is 5.32 Å². The monoisotopic (exact) mass is 243 g/mol. The maximum atomic E-state index is 12.0. The molecule has 1 N–H and O–H groups in total. The fourth-order valence-electron chi connectivity index (χ4n) is 2.21. The maximum absolute atomic E-state index is 12.0. The predicted molar refractivity (Wildman–Crippen MR) is 68.0 cm³/mol. The molecule has 1 aliphatic rings. The van der Waals surface area contributed by atoms with Crippen LogP contribution in [0, 0.1) is 0 Å². The first-order valence-corrected chi connectivity index (χ1v) is 6.33. The van der Waals surface area contributed by atoms with Crippen molar-refractivity contribution in [1.82, 2.24) is 15.1 Å². The zero-order valence-electron chi connectivity index (χ0n) is 11.2. The topological polar surface area (TPSA) is 44.8 Å². The van der Waals surface area contributed by atoms with E-state index < -0.39 is 0 Å². The summed E-state index contributed by atoms with van der Waals surface area (Å²) in [7, 11) is 3.78. The van der Waals surface area contributed by atoms with Crippen molar-refractivity contribution in [3.8, 4) is 0 Å². The zero-order valence-corrected chi connectivity index (χ0v) is 11.2. The highest BCUT2D eigenvalue weighted by Crippen LogP contribution is 2.08. The summed E-state index contributed by atoms with van der Waals surface area (Å²) in [5.74, 6) is 0.198. The number of ether oxygens (including phenoxy) is 1. The molecule has 0 saturated carbocycles. The largest absolute Gasteiger partial charge is 0.383 e. The Kier molecular flexibility index (Phi) is 6.47. The van der Waals surface area contributed by atoms with E-state index in [-0.39, 0.29) is 5.91 Å². The van der Waals surface area contributed by atoms with E-state index in [9.17, 15) is 4.79 Å². The lowest BCUT2D eigenvalue weighted by molar-refractivity contribution is -0.132.